The first-order valence-electron chi connectivity index (χ1n) is 12.7. The van der Waals surface area contributed by atoms with E-state index >= 15 is 0 Å². The Labute approximate surface area is 254 Å². The molecular formula is C29H22ClF10NO4. The van der Waals surface area contributed by atoms with E-state index < -0.39 is 70.5 Å². The summed E-state index contributed by atoms with van der Waals surface area (Å²) in [6, 6.07) is 6.98. The van der Waals surface area contributed by atoms with E-state index in [0.717, 1.165) is 19.2 Å². The number of amides is 1. The summed E-state index contributed by atoms with van der Waals surface area (Å²) in [7, 11) is 1.12. The van der Waals surface area contributed by atoms with Crippen molar-refractivity contribution in [1.29, 1.82) is 0 Å². The fraction of sp³-hybridized carbons (Fsp3) is 0.310. The molecule has 0 fully saturated rings. The minimum atomic E-state index is -6.59. The summed E-state index contributed by atoms with van der Waals surface area (Å²) in [4.78, 5) is 28.0. The summed E-state index contributed by atoms with van der Waals surface area (Å²) in [6.45, 7) is -0.751. The first-order chi connectivity index (χ1) is 20.8. The Kier molecular flexibility index (Phi) is 10.4. The molecule has 0 heterocycles. The van der Waals surface area contributed by atoms with Crippen LogP contribution in [0.5, 0.6) is 11.5 Å². The number of ketones is 1. The maximum Gasteiger partial charge on any atom is 0.435 e. The van der Waals surface area contributed by atoms with Crippen LogP contribution in [0.15, 0.2) is 48.5 Å². The Morgan fingerprint density at radius 1 is 0.933 bits per heavy atom. The molecule has 0 saturated heterocycles. The van der Waals surface area contributed by atoms with Crippen LogP contribution in [-0.4, -0.2) is 44.3 Å². The number of anilines is 1. The lowest BCUT2D eigenvalue weighted by Gasteiger charge is -2.31. The van der Waals surface area contributed by atoms with Crippen molar-refractivity contribution < 1.29 is 63.0 Å². The monoisotopic (exact) mass is 673 g/mol. The molecule has 0 atom stereocenters. The van der Waals surface area contributed by atoms with E-state index in [1.807, 2.05) is 0 Å². The van der Waals surface area contributed by atoms with Crippen molar-refractivity contribution in [3.05, 3.63) is 87.2 Å². The van der Waals surface area contributed by atoms with Crippen molar-refractivity contribution in [2.45, 2.75) is 44.9 Å². The summed E-state index contributed by atoms with van der Waals surface area (Å²) in [5.41, 5.74) is -8.87. The highest BCUT2D eigenvalue weighted by Gasteiger charge is 2.73. The average Bonchev–Trinajstić information content (AvgIpc) is 2.92. The lowest BCUT2D eigenvalue weighted by molar-refractivity contribution is -0.348. The molecule has 0 saturated carbocycles. The second-order valence-electron chi connectivity index (χ2n) is 9.43. The first kappa shape index (κ1) is 35.5. The molecule has 16 heteroatoms. The minimum absolute atomic E-state index is 0.00666. The van der Waals surface area contributed by atoms with Gasteiger partial charge in [-0.1, -0.05) is 17.7 Å². The van der Waals surface area contributed by atoms with Crippen LogP contribution in [0.4, 0.5) is 49.6 Å². The predicted molar refractivity (Wildman–Crippen MR) is 142 cm³/mol. The van der Waals surface area contributed by atoms with Gasteiger partial charge in [0.2, 0.25) is 0 Å². The van der Waals surface area contributed by atoms with Gasteiger partial charge < -0.3 is 14.4 Å². The minimum Gasteiger partial charge on any atom is -0.494 e. The van der Waals surface area contributed by atoms with Crippen molar-refractivity contribution in [3.63, 3.8) is 0 Å². The van der Waals surface area contributed by atoms with Gasteiger partial charge in [0.25, 0.3) is 5.91 Å². The Morgan fingerprint density at radius 2 is 1.56 bits per heavy atom. The smallest absolute Gasteiger partial charge is 0.435 e. The van der Waals surface area contributed by atoms with E-state index in [0.29, 0.717) is 5.56 Å². The number of halogens is 11. The van der Waals surface area contributed by atoms with E-state index in [4.69, 9.17) is 16.3 Å². The Bertz CT molecular complexity index is 1580. The molecule has 3 rings (SSSR count). The molecule has 0 aliphatic rings. The summed E-state index contributed by atoms with van der Waals surface area (Å²) >= 11 is 5.88. The second-order valence-corrected chi connectivity index (χ2v) is 9.84. The predicted octanol–water partition coefficient (Wildman–Crippen LogP) is 8.78. The SMILES string of the molecule is CCN(C(=O)c1ccc(F)cc1C)c1cccc(C(=O)Cc2c(Cl)cc(C(F)(C(F)(F)F)C(F)(F)F)cc2OC(F)F)c1OC. The quantitative estimate of drug-likeness (QED) is 0.160. The zero-order chi connectivity index (χ0) is 34.1. The number of benzene rings is 3. The molecule has 3 aromatic carbocycles. The number of hydrogen-bond donors (Lipinski definition) is 0. The molecule has 244 valence electrons. The van der Waals surface area contributed by atoms with Crippen LogP contribution in [0, 0.1) is 12.7 Å². The third-order valence-corrected chi connectivity index (χ3v) is 6.99. The molecule has 0 unspecified atom stereocenters. The number of alkyl halides is 9. The van der Waals surface area contributed by atoms with Gasteiger partial charge in [-0.2, -0.15) is 35.1 Å². The topological polar surface area (TPSA) is 55.8 Å². The molecule has 5 nitrogen and oxygen atoms in total. The fourth-order valence-corrected chi connectivity index (χ4v) is 4.81. The molecule has 0 aliphatic carbocycles. The van der Waals surface area contributed by atoms with Crippen LogP contribution in [0.3, 0.4) is 0 Å². The van der Waals surface area contributed by atoms with Crippen molar-refractivity contribution in [2.24, 2.45) is 0 Å². The first-order valence-corrected chi connectivity index (χ1v) is 13.0. The molecule has 0 spiro atoms. The van der Waals surface area contributed by atoms with Crippen LogP contribution < -0.4 is 14.4 Å². The molecular weight excluding hydrogens is 652 g/mol. The van der Waals surface area contributed by atoms with Crippen molar-refractivity contribution in [1.82, 2.24) is 0 Å². The van der Waals surface area contributed by atoms with Crippen LogP contribution in [0.1, 0.15) is 44.3 Å². The summed E-state index contributed by atoms with van der Waals surface area (Å²) in [5.74, 6) is -3.86. The van der Waals surface area contributed by atoms with Crippen molar-refractivity contribution >= 4 is 29.0 Å². The molecule has 0 N–H and O–H groups in total. The van der Waals surface area contributed by atoms with E-state index in [9.17, 15) is 53.5 Å². The largest absolute Gasteiger partial charge is 0.494 e. The van der Waals surface area contributed by atoms with Gasteiger partial charge in [0.05, 0.1) is 18.4 Å². The highest BCUT2D eigenvalue weighted by atomic mass is 35.5. The highest BCUT2D eigenvalue weighted by Crippen LogP contribution is 2.54. The number of nitrogens with zero attached hydrogens (tertiary/aromatic N) is 1. The zero-order valence-corrected chi connectivity index (χ0v) is 24.1. The van der Waals surface area contributed by atoms with Crippen LogP contribution >= 0.6 is 11.6 Å². The molecule has 0 radical (unpaired) electrons. The zero-order valence-electron chi connectivity index (χ0n) is 23.3. The lowest BCUT2D eigenvalue weighted by Crippen LogP contribution is -2.50. The Balaban J connectivity index is 2.12. The van der Waals surface area contributed by atoms with Gasteiger partial charge >= 0.3 is 24.6 Å². The van der Waals surface area contributed by atoms with Crippen LogP contribution in [0.25, 0.3) is 0 Å². The van der Waals surface area contributed by atoms with Gasteiger partial charge in [-0.3, -0.25) is 9.59 Å². The third-order valence-electron chi connectivity index (χ3n) is 6.66. The molecule has 45 heavy (non-hydrogen) atoms. The maximum absolute atomic E-state index is 14.7. The molecule has 1 amide bonds. The molecule has 0 aromatic heterocycles. The lowest BCUT2D eigenvalue weighted by atomic mass is 9.91. The number of aryl methyl sites for hydroxylation is 1. The van der Waals surface area contributed by atoms with Gasteiger partial charge in [-0.05, 0) is 61.9 Å². The number of hydrogen-bond acceptors (Lipinski definition) is 4. The fourth-order valence-electron chi connectivity index (χ4n) is 4.53. The second kappa shape index (κ2) is 13.2. The van der Waals surface area contributed by atoms with Crippen molar-refractivity contribution in [2.75, 3.05) is 18.6 Å². The normalized spacial score (nSPS) is 12.3. The number of carbonyl (C=O) groups is 2. The van der Waals surface area contributed by atoms with E-state index in [1.54, 1.807) is 6.92 Å². The van der Waals surface area contributed by atoms with Gasteiger partial charge in [0.1, 0.15) is 11.6 Å². The molecule has 3 aromatic rings. The Hall–Kier alpha value is -4.01. The van der Waals surface area contributed by atoms with Crippen LogP contribution in [-0.2, 0) is 12.1 Å². The van der Waals surface area contributed by atoms with E-state index in [-0.39, 0.29) is 41.2 Å². The Morgan fingerprint density at radius 3 is 2.07 bits per heavy atom. The highest BCUT2D eigenvalue weighted by molar-refractivity contribution is 6.32. The molecule has 0 aliphatic heterocycles. The number of methoxy groups -OCH3 is 1. The number of rotatable bonds is 10. The number of carbonyl (C=O) groups excluding carboxylic acids is 2. The van der Waals surface area contributed by atoms with Gasteiger partial charge in [-0.15, -0.1) is 0 Å². The van der Waals surface area contributed by atoms with Crippen LogP contribution in [0.2, 0.25) is 5.02 Å². The van der Waals surface area contributed by atoms with Gasteiger partial charge in [0.15, 0.2) is 11.5 Å². The number of para-hydroxylation sites is 1. The van der Waals surface area contributed by atoms with Gasteiger partial charge in [-0.25, -0.2) is 8.78 Å². The van der Waals surface area contributed by atoms with E-state index in [1.165, 1.54) is 36.1 Å². The van der Waals surface area contributed by atoms with Crippen molar-refractivity contribution in [3.8, 4) is 11.5 Å². The standard InChI is InChI=1S/C29H22ClF10NO4/c1-4-41(25(43)17-9-8-16(31)10-14(17)2)21-7-5-6-18(24(21)44-3)22(42)13-19-20(30)11-15(12-23(19)45-26(32)33)27(34,28(35,36)37)29(38,39)40/h5-12,26H,4,13H2,1-3H3. The summed E-state index contributed by atoms with van der Waals surface area (Å²) in [6.07, 6.45) is -14.2. The number of Topliss-reactive ketones (excluding diaryl/α,β-unsaturated/α-hetero) is 1. The van der Waals surface area contributed by atoms with Gasteiger partial charge in [0, 0.05) is 34.7 Å². The summed E-state index contributed by atoms with van der Waals surface area (Å²) < 4.78 is 144. The molecule has 0 bridgehead atoms. The third kappa shape index (κ3) is 6.97. The summed E-state index contributed by atoms with van der Waals surface area (Å²) in [5, 5.41) is -1.11. The number of ether oxygens (including phenoxy) is 2. The maximum atomic E-state index is 14.7. The van der Waals surface area contributed by atoms with E-state index in [2.05, 4.69) is 4.74 Å². The average molecular weight is 674 g/mol.